The second-order valence-electron chi connectivity index (χ2n) is 5.21. The highest BCUT2D eigenvalue weighted by molar-refractivity contribution is 5.96. The van der Waals surface area contributed by atoms with Crippen LogP contribution in [0.4, 0.5) is 11.4 Å². The van der Waals surface area contributed by atoms with Crippen LogP contribution in [0, 0.1) is 10.1 Å². The lowest BCUT2D eigenvalue weighted by Gasteiger charge is -2.28. The van der Waals surface area contributed by atoms with Gasteiger partial charge >= 0.3 is 0 Å². The highest BCUT2D eigenvalue weighted by Crippen LogP contribution is 2.25. The zero-order chi connectivity index (χ0) is 15.4. The summed E-state index contributed by atoms with van der Waals surface area (Å²) in [4.78, 5) is 24.4. The summed E-state index contributed by atoms with van der Waals surface area (Å²) in [5.41, 5.74) is 5.71. The number of benzene rings is 1. The maximum atomic E-state index is 12.5. The van der Waals surface area contributed by atoms with Gasteiger partial charge in [0.25, 0.3) is 11.6 Å². The molecule has 7 heteroatoms. The van der Waals surface area contributed by atoms with Gasteiger partial charge in [-0.05, 0) is 25.0 Å². The van der Waals surface area contributed by atoms with Gasteiger partial charge in [0.1, 0.15) is 5.69 Å². The van der Waals surface area contributed by atoms with Crippen LogP contribution < -0.4 is 5.73 Å². The maximum Gasteiger partial charge on any atom is 0.292 e. The van der Waals surface area contributed by atoms with Crippen molar-refractivity contribution in [2.24, 2.45) is 0 Å². The van der Waals surface area contributed by atoms with Gasteiger partial charge in [-0.3, -0.25) is 14.9 Å². The van der Waals surface area contributed by atoms with E-state index in [1.54, 1.807) is 4.90 Å². The first-order valence-electron chi connectivity index (χ1n) is 7.00. The molecule has 0 aliphatic carbocycles. The third-order valence-corrected chi connectivity index (χ3v) is 3.82. The molecule has 1 heterocycles. The summed E-state index contributed by atoms with van der Waals surface area (Å²) in [6.45, 7) is 0.509. The minimum absolute atomic E-state index is 0.0266. The van der Waals surface area contributed by atoms with E-state index in [9.17, 15) is 20.0 Å². The molecule has 1 aliphatic heterocycles. The average molecular weight is 293 g/mol. The number of hydrogen-bond donors (Lipinski definition) is 2. The third kappa shape index (κ3) is 3.30. The third-order valence-electron chi connectivity index (χ3n) is 3.82. The first-order valence-corrected chi connectivity index (χ1v) is 7.00. The predicted octanol–water partition coefficient (Wildman–Crippen LogP) is 1.55. The number of carbonyl (C=O) groups is 1. The van der Waals surface area contributed by atoms with E-state index in [1.165, 1.54) is 18.2 Å². The Balaban J connectivity index is 2.25. The molecule has 3 N–H and O–H groups in total. The largest absolute Gasteiger partial charge is 0.394 e. The molecule has 0 saturated carbocycles. The highest BCUT2D eigenvalue weighted by Gasteiger charge is 2.26. The lowest BCUT2D eigenvalue weighted by molar-refractivity contribution is -0.383. The topological polar surface area (TPSA) is 110 Å². The smallest absolute Gasteiger partial charge is 0.292 e. The molecule has 2 rings (SSSR count). The van der Waals surface area contributed by atoms with E-state index in [4.69, 9.17) is 5.73 Å². The number of likely N-dealkylation sites (tertiary alicyclic amines) is 1. The molecule has 21 heavy (non-hydrogen) atoms. The van der Waals surface area contributed by atoms with Crippen molar-refractivity contribution < 1.29 is 14.8 Å². The number of nitro benzene ring substituents is 1. The zero-order valence-electron chi connectivity index (χ0n) is 11.7. The zero-order valence-corrected chi connectivity index (χ0v) is 11.7. The van der Waals surface area contributed by atoms with Gasteiger partial charge in [0, 0.05) is 18.2 Å². The normalized spacial score (nSPS) is 19.1. The molecular weight excluding hydrogens is 274 g/mol. The van der Waals surface area contributed by atoms with E-state index in [0.29, 0.717) is 12.1 Å². The van der Waals surface area contributed by atoms with Crippen LogP contribution in [0.5, 0.6) is 0 Å². The van der Waals surface area contributed by atoms with Gasteiger partial charge in [0.2, 0.25) is 0 Å². The van der Waals surface area contributed by atoms with Crippen molar-refractivity contribution in [3.63, 3.8) is 0 Å². The van der Waals surface area contributed by atoms with Crippen LogP contribution in [0.3, 0.4) is 0 Å². The molecule has 0 spiro atoms. The van der Waals surface area contributed by atoms with E-state index < -0.39 is 4.92 Å². The fraction of sp³-hybridized carbons (Fsp3) is 0.500. The molecule has 1 saturated heterocycles. The minimum atomic E-state index is -0.577. The summed E-state index contributed by atoms with van der Waals surface area (Å²) < 4.78 is 0. The molecule has 114 valence electrons. The van der Waals surface area contributed by atoms with Crippen LogP contribution in [0.2, 0.25) is 0 Å². The molecular formula is C14H19N3O4. The number of aliphatic hydroxyl groups is 1. The van der Waals surface area contributed by atoms with Crippen molar-refractivity contribution in [3.8, 4) is 0 Å². The molecule has 0 radical (unpaired) electrons. The molecule has 1 amide bonds. The summed E-state index contributed by atoms with van der Waals surface area (Å²) in [6.07, 6.45) is 3.68. The fourth-order valence-electron chi connectivity index (χ4n) is 2.65. The van der Waals surface area contributed by atoms with Crippen molar-refractivity contribution in [3.05, 3.63) is 33.9 Å². The average Bonchev–Trinajstić information content (AvgIpc) is 2.71. The van der Waals surface area contributed by atoms with Crippen molar-refractivity contribution in [1.82, 2.24) is 4.90 Å². The Morgan fingerprint density at radius 3 is 2.81 bits per heavy atom. The van der Waals surface area contributed by atoms with Gasteiger partial charge in [-0.1, -0.05) is 12.8 Å². The number of carbonyl (C=O) groups excluding carboxylic acids is 1. The summed E-state index contributed by atoms with van der Waals surface area (Å²) >= 11 is 0. The Hall–Kier alpha value is -2.15. The summed E-state index contributed by atoms with van der Waals surface area (Å²) in [6, 6.07) is 3.79. The molecule has 1 aliphatic rings. The molecule has 1 fully saturated rings. The molecule has 1 unspecified atom stereocenters. The molecule has 1 aromatic carbocycles. The second-order valence-corrected chi connectivity index (χ2v) is 5.21. The summed E-state index contributed by atoms with van der Waals surface area (Å²) in [5.74, 6) is -0.238. The Labute approximate surface area is 122 Å². The number of anilines is 1. The van der Waals surface area contributed by atoms with Crippen molar-refractivity contribution >= 4 is 17.3 Å². The first kappa shape index (κ1) is 15.2. The molecule has 0 bridgehead atoms. The Morgan fingerprint density at radius 2 is 2.19 bits per heavy atom. The van der Waals surface area contributed by atoms with E-state index in [2.05, 4.69) is 0 Å². The van der Waals surface area contributed by atoms with E-state index >= 15 is 0 Å². The molecule has 1 aromatic rings. The molecule has 1 atom stereocenters. The van der Waals surface area contributed by atoms with Gasteiger partial charge in [-0.25, -0.2) is 0 Å². The van der Waals surface area contributed by atoms with Crippen LogP contribution in [0.25, 0.3) is 0 Å². The van der Waals surface area contributed by atoms with Crippen LogP contribution in [-0.2, 0) is 0 Å². The number of rotatable bonds is 3. The van der Waals surface area contributed by atoms with Gasteiger partial charge in [-0.15, -0.1) is 0 Å². The first-order chi connectivity index (χ1) is 10.0. The van der Waals surface area contributed by atoms with Crippen LogP contribution in [0.1, 0.15) is 36.0 Å². The number of nitrogens with two attached hydrogens (primary N) is 1. The van der Waals surface area contributed by atoms with Crippen molar-refractivity contribution in [2.75, 3.05) is 18.9 Å². The summed E-state index contributed by atoms with van der Waals surface area (Å²) in [5, 5.41) is 20.2. The summed E-state index contributed by atoms with van der Waals surface area (Å²) in [7, 11) is 0. The number of amides is 1. The number of nitrogens with zero attached hydrogens (tertiary/aromatic N) is 2. The fourth-order valence-corrected chi connectivity index (χ4v) is 2.65. The predicted molar refractivity (Wildman–Crippen MR) is 77.9 cm³/mol. The number of aliphatic hydroxyl groups excluding tert-OH is 1. The molecule has 7 nitrogen and oxygen atoms in total. The quantitative estimate of drug-likeness (QED) is 0.499. The number of nitrogen functional groups attached to an aromatic ring is 1. The van der Waals surface area contributed by atoms with Gasteiger partial charge in [0.15, 0.2) is 0 Å². The number of hydrogen-bond acceptors (Lipinski definition) is 5. The minimum Gasteiger partial charge on any atom is -0.394 e. The number of nitro groups is 1. The van der Waals surface area contributed by atoms with Crippen LogP contribution in [0.15, 0.2) is 18.2 Å². The monoisotopic (exact) mass is 293 g/mol. The Bertz CT molecular complexity index is 547. The maximum absolute atomic E-state index is 12.5. The Kier molecular flexibility index (Phi) is 4.74. The van der Waals surface area contributed by atoms with E-state index in [-0.39, 0.29) is 29.9 Å². The standard InChI is InChI=1S/C14H19N3O4/c15-12-8-10(5-6-13(12)17(20)21)14(19)16-7-3-1-2-4-11(16)9-18/h5-6,8,11,18H,1-4,7,9,15H2. The molecule has 0 aromatic heterocycles. The van der Waals surface area contributed by atoms with Gasteiger partial charge in [0.05, 0.1) is 17.6 Å². The van der Waals surface area contributed by atoms with Crippen LogP contribution >= 0.6 is 0 Å². The van der Waals surface area contributed by atoms with Crippen LogP contribution in [-0.4, -0.2) is 40.0 Å². The Morgan fingerprint density at radius 1 is 1.43 bits per heavy atom. The second kappa shape index (κ2) is 6.53. The SMILES string of the molecule is Nc1cc(C(=O)N2CCCCCC2CO)ccc1[N+](=O)[O-]. The van der Waals surface area contributed by atoms with Gasteiger partial charge in [-0.2, -0.15) is 0 Å². The lowest BCUT2D eigenvalue weighted by Crippen LogP contribution is -2.42. The van der Waals surface area contributed by atoms with E-state index in [0.717, 1.165) is 25.7 Å². The highest BCUT2D eigenvalue weighted by atomic mass is 16.6. The lowest BCUT2D eigenvalue weighted by atomic mass is 10.1. The van der Waals surface area contributed by atoms with Crippen molar-refractivity contribution in [2.45, 2.75) is 31.7 Å². The van der Waals surface area contributed by atoms with Crippen molar-refractivity contribution in [1.29, 1.82) is 0 Å². The van der Waals surface area contributed by atoms with E-state index in [1.807, 2.05) is 0 Å². The van der Waals surface area contributed by atoms with Gasteiger partial charge < -0.3 is 15.7 Å².